The largest absolute Gasteiger partial charge is 0.401 e. The summed E-state index contributed by atoms with van der Waals surface area (Å²) in [5, 5.41) is 11.6. The molecule has 0 spiro atoms. The average Bonchev–Trinajstić information content (AvgIpc) is 1.82. The molecular weight excluding hydrogens is 203 g/mol. The third-order valence-electron chi connectivity index (χ3n) is 1.29. The van der Waals surface area contributed by atoms with Crippen molar-refractivity contribution < 1.29 is 18.3 Å². The van der Waals surface area contributed by atoms with E-state index in [0.717, 1.165) is 0 Å². The number of aliphatic hydroxyl groups is 1. The zero-order valence-corrected chi connectivity index (χ0v) is 8.43. The Hall–Kier alpha value is 0.0600. The van der Waals surface area contributed by atoms with Crippen LogP contribution in [0.25, 0.3) is 0 Å². The van der Waals surface area contributed by atoms with Crippen molar-refractivity contribution in [2.24, 2.45) is 0 Å². The molecule has 1 atom stereocenters. The van der Waals surface area contributed by atoms with Crippen LogP contribution in [-0.2, 0) is 0 Å². The Morgan fingerprint density at radius 1 is 1.31 bits per heavy atom. The first kappa shape index (κ1) is 13.1. The lowest BCUT2D eigenvalue weighted by Crippen LogP contribution is -2.43. The third kappa shape index (κ3) is 8.39. The Labute approximate surface area is 79.9 Å². The van der Waals surface area contributed by atoms with Crippen molar-refractivity contribution in [3.8, 4) is 0 Å². The first-order valence-electron chi connectivity index (χ1n) is 3.76. The molecule has 0 bridgehead atoms. The van der Waals surface area contributed by atoms with Crippen LogP contribution in [0.2, 0.25) is 0 Å². The van der Waals surface area contributed by atoms with Crippen LogP contribution in [0.15, 0.2) is 0 Å². The summed E-state index contributed by atoms with van der Waals surface area (Å²) in [6.07, 6.45) is -2.42. The molecule has 0 aliphatic carbocycles. The Balaban J connectivity index is 3.63. The second kappa shape index (κ2) is 5.07. The van der Waals surface area contributed by atoms with Gasteiger partial charge in [-0.05, 0) is 13.2 Å². The first-order chi connectivity index (χ1) is 5.77. The van der Waals surface area contributed by atoms with Gasteiger partial charge >= 0.3 is 6.18 Å². The number of rotatable bonds is 5. The Morgan fingerprint density at radius 2 is 1.85 bits per heavy atom. The highest BCUT2D eigenvalue weighted by molar-refractivity contribution is 7.98. The van der Waals surface area contributed by atoms with E-state index in [1.165, 1.54) is 18.7 Å². The Morgan fingerprint density at radius 3 is 2.23 bits per heavy atom. The molecule has 0 heterocycles. The fourth-order valence-corrected chi connectivity index (χ4v) is 1.56. The van der Waals surface area contributed by atoms with Gasteiger partial charge in [0, 0.05) is 12.3 Å². The number of hydrogen-bond donors (Lipinski definition) is 2. The molecule has 80 valence electrons. The van der Waals surface area contributed by atoms with Gasteiger partial charge in [0.15, 0.2) is 0 Å². The maximum Gasteiger partial charge on any atom is 0.401 e. The van der Waals surface area contributed by atoms with Gasteiger partial charge in [0.05, 0.1) is 12.1 Å². The SMILES string of the molecule is CSCC(C)(O)CNCC(F)(F)F. The van der Waals surface area contributed by atoms with Crippen LogP contribution in [0, 0.1) is 0 Å². The molecule has 0 fully saturated rings. The number of nitrogens with one attached hydrogen (secondary N) is 1. The minimum atomic E-state index is -4.21. The highest BCUT2D eigenvalue weighted by Gasteiger charge is 2.28. The van der Waals surface area contributed by atoms with E-state index < -0.39 is 18.3 Å². The number of hydrogen-bond acceptors (Lipinski definition) is 3. The van der Waals surface area contributed by atoms with Gasteiger partial charge in [0.1, 0.15) is 0 Å². The zero-order chi connectivity index (χ0) is 10.5. The van der Waals surface area contributed by atoms with Crippen molar-refractivity contribution in [1.82, 2.24) is 5.32 Å². The van der Waals surface area contributed by atoms with E-state index in [9.17, 15) is 18.3 Å². The second-order valence-corrected chi connectivity index (χ2v) is 4.01. The van der Waals surface area contributed by atoms with Crippen LogP contribution in [-0.4, -0.2) is 42.0 Å². The molecule has 0 aliphatic heterocycles. The predicted molar refractivity (Wildman–Crippen MR) is 47.9 cm³/mol. The van der Waals surface area contributed by atoms with E-state index in [2.05, 4.69) is 5.32 Å². The van der Waals surface area contributed by atoms with Crippen molar-refractivity contribution in [3.05, 3.63) is 0 Å². The van der Waals surface area contributed by atoms with E-state index in [1.807, 2.05) is 0 Å². The van der Waals surface area contributed by atoms with Gasteiger partial charge in [0.25, 0.3) is 0 Å². The smallest absolute Gasteiger partial charge is 0.388 e. The summed E-state index contributed by atoms with van der Waals surface area (Å²) in [6, 6.07) is 0. The molecule has 0 saturated carbocycles. The Kier molecular flexibility index (Phi) is 5.09. The van der Waals surface area contributed by atoms with E-state index in [0.29, 0.717) is 5.75 Å². The molecule has 0 saturated heterocycles. The second-order valence-electron chi connectivity index (χ2n) is 3.15. The van der Waals surface area contributed by atoms with Crippen molar-refractivity contribution in [3.63, 3.8) is 0 Å². The third-order valence-corrected chi connectivity index (χ3v) is 2.20. The van der Waals surface area contributed by atoms with Crippen molar-refractivity contribution >= 4 is 11.8 Å². The summed E-state index contributed by atoms with van der Waals surface area (Å²) in [4.78, 5) is 0. The number of halogens is 3. The lowest BCUT2D eigenvalue weighted by Gasteiger charge is -2.22. The van der Waals surface area contributed by atoms with Crippen molar-refractivity contribution in [1.29, 1.82) is 0 Å². The van der Waals surface area contributed by atoms with Gasteiger partial charge in [0.2, 0.25) is 0 Å². The summed E-state index contributed by atoms with van der Waals surface area (Å²) in [5.41, 5.74) is -1.08. The average molecular weight is 217 g/mol. The van der Waals surface area contributed by atoms with E-state index >= 15 is 0 Å². The van der Waals surface area contributed by atoms with Crippen molar-refractivity contribution in [2.75, 3.05) is 25.1 Å². The molecule has 0 radical (unpaired) electrons. The molecule has 0 aromatic heterocycles. The molecule has 1 unspecified atom stereocenters. The van der Waals surface area contributed by atoms with Gasteiger partial charge in [-0.1, -0.05) is 0 Å². The van der Waals surface area contributed by atoms with Crippen LogP contribution in [0.3, 0.4) is 0 Å². The minimum absolute atomic E-state index is 0.0483. The molecule has 0 aliphatic rings. The zero-order valence-electron chi connectivity index (χ0n) is 7.61. The van der Waals surface area contributed by atoms with Crippen LogP contribution in [0.1, 0.15) is 6.92 Å². The topological polar surface area (TPSA) is 32.3 Å². The fraction of sp³-hybridized carbons (Fsp3) is 1.00. The normalized spacial score (nSPS) is 17.1. The fourth-order valence-electron chi connectivity index (χ4n) is 0.836. The molecule has 2 N–H and O–H groups in total. The van der Waals surface area contributed by atoms with E-state index in [4.69, 9.17) is 0 Å². The van der Waals surface area contributed by atoms with Gasteiger partial charge < -0.3 is 10.4 Å². The molecule has 0 aromatic carbocycles. The standard InChI is InChI=1S/C7H14F3NOS/c1-6(12,5-13-2)3-11-4-7(8,9)10/h11-12H,3-5H2,1-2H3. The predicted octanol–water partition coefficient (Wildman–Crippen LogP) is 1.25. The summed E-state index contributed by atoms with van der Waals surface area (Å²) in [5.74, 6) is 0.415. The van der Waals surface area contributed by atoms with Crippen molar-refractivity contribution in [2.45, 2.75) is 18.7 Å². The summed E-state index contributed by atoms with van der Waals surface area (Å²) < 4.78 is 35.0. The van der Waals surface area contributed by atoms with Crippen LogP contribution >= 0.6 is 11.8 Å². The molecule has 0 aromatic rings. The maximum absolute atomic E-state index is 11.7. The quantitative estimate of drug-likeness (QED) is 0.727. The van der Waals surface area contributed by atoms with Gasteiger partial charge in [-0.15, -0.1) is 0 Å². The van der Waals surface area contributed by atoms with Gasteiger partial charge in [-0.25, -0.2) is 0 Å². The Bertz CT molecular complexity index is 149. The maximum atomic E-state index is 11.7. The number of alkyl halides is 3. The van der Waals surface area contributed by atoms with E-state index in [1.54, 1.807) is 6.26 Å². The summed E-state index contributed by atoms with van der Waals surface area (Å²) in [6.45, 7) is 0.401. The molecule has 0 amide bonds. The molecule has 0 rings (SSSR count). The summed E-state index contributed by atoms with van der Waals surface area (Å²) >= 11 is 1.40. The molecular formula is C7H14F3NOS. The highest BCUT2D eigenvalue weighted by Crippen LogP contribution is 2.13. The van der Waals surface area contributed by atoms with Gasteiger partial charge in [-0.2, -0.15) is 24.9 Å². The summed E-state index contributed by atoms with van der Waals surface area (Å²) in [7, 11) is 0. The van der Waals surface area contributed by atoms with Crippen LogP contribution in [0.4, 0.5) is 13.2 Å². The molecule has 2 nitrogen and oxygen atoms in total. The van der Waals surface area contributed by atoms with Gasteiger partial charge in [-0.3, -0.25) is 0 Å². The number of thioether (sulfide) groups is 1. The first-order valence-corrected chi connectivity index (χ1v) is 5.15. The van der Waals surface area contributed by atoms with E-state index in [-0.39, 0.29) is 6.54 Å². The lowest BCUT2D eigenvalue weighted by atomic mass is 10.1. The molecule has 6 heteroatoms. The minimum Gasteiger partial charge on any atom is -0.388 e. The van der Waals surface area contributed by atoms with Crippen LogP contribution < -0.4 is 5.32 Å². The molecule has 13 heavy (non-hydrogen) atoms. The highest BCUT2D eigenvalue weighted by atomic mass is 32.2. The van der Waals surface area contributed by atoms with Crippen LogP contribution in [0.5, 0.6) is 0 Å². The lowest BCUT2D eigenvalue weighted by molar-refractivity contribution is -0.126. The monoisotopic (exact) mass is 217 g/mol.